The molecule has 6 nitrogen and oxygen atoms in total. The molecule has 1 aliphatic heterocycles. The fourth-order valence-corrected chi connectivity index (χ4v) is 3.88. The molecule has 0 aliphatic carbocycles. The standard InChI is InChI=1S/C20H25N3O3/c1-4-7-14-11-23(12-17(14)21-13(2)24)20(26)16-10-19(25)22(3)18-9-6-5-8-15(16)18/h5-6,8-10,14,17H,4,7,11-12H2,1-3H3,(H,21,24)/t14-,17-/m1/s1. The minimum Gasteiger partial charge on any atom is -0.351 e. The van der Waals surface area contributed by atoms with Gasteiger partial charge in [0, 0.05) is 38.5 Å². The van der Waals surface area contributed by atoms with E-state index in [1.165, 1.54) is 13.0 Å². The van der Waals surface area contributed by atoms with Gasteiger partial charge < -0.3 is 14.8 Å². The summed E-state index contributed by atoms with van der Waals surface area (Å²) >= 11 is 0. The second kappa shape index (κ2) is 7.32. The van der Waals surface area contributed by atoms with Gasteiger partial charge in [-0.3, -0.25) is 14.4 Å². The van der Waals surface area contributed by atoms with Crippen LogP contribution in [0.15, 0.2) is 35.1 Å². The molecule has 2 aromatic rings. The number of nitrogens with zero attached hydrogens (tertiary/aromatic N) is 2. The summed E-state index contributed by atoms with van der Waals surface area (Å²) in [6.07, 6.45) is 1.95. The zero-order valence-corrected chi connectivity index (χ0v) is 15.5. The van der Waals surface area contributed by atoms with Crippen LogP contribution in [0.1, 0.15) is 37.0 Å². The molecule has 0 spiro atoms. The lowest BCUT2D eigenvalue weighted by Crippen LogP contribution is -2.40. The van der Waals surface area contributed by atoms with Gasteiger partial charge in [-0.2, -0.15) is 0 Å². The van der Waals surface area contributed by atoms with Crippen LogP contribution in [-0.2, 0) is 11.8 Å². The number of amides is 2. The van der Waals surface area contributed by atoms with Crippen LogP contribution >= 0.6 is 0 Å². The lowest BCUT2D eigenvalue weighted by atomic mass is 9.98. The highest BCUT2D eigenvalue weighted by Crippen LogP contribution is 2.25. The van der Waals surface area contributed by atoms with Gasteiger partial charge in [0.15, 0.2) is 0 Å². The van der Waals surface area contributed by atoms with Gasteiger partial charge in [-0.1, -0.05) is 31.5 Å². The average Bonchev–Trinajstić information content (AvgIpc) is 3.00. The van der Waals surface area contributed by atoms with Gasteiger partial charge in [-0.25, -0.2) is 0 Å². The van der Waals surface area contributed by atoms with E-state index in [1.807, 2.05) is 24.3 Å². The molecule has 0 unspecified atom stereocenters. The number of nitrogens with one attached hydrogen (secondary N) is 1. The minimum atomic E-state index is -0.199. The van der Waals surface area contributed by atoms with Crippen LogP contribution < -0.4 is 10.9 Å². The van der Waals surface area contributed by atoms with E-state index in [0.29, 0.717) is 18.7 Å². The summed E-state index contributed by atoms with van der Waals surface area (Å²) in [5, 5.41) is 3.74. The van der Waals surface area contributed by atoms with Crippen molar-refractivity contribution < 1.29 is 9.59 Å². The SMILES string of the molecule is CCC[C@@H]1CN(C(=O)c2cc(=O)n(C)c3ccccc23)C[C@H]1NC(C)=O. The van der Waals surface area contributed by atoms with Crippen molar-refractivity contribution in [1.29, 1.82) is 0 Å². The molecule has 0 saturated carbocycles. The van der Waals surface area contributed by atoms with E-state index in [2.05, 4.69) is 12.2 Å². The van der Waals surface area contributed by atoms with Gasteiger partial charge in [0.1, 0.15) is 0 Å². The van der Waals surface area contributed by atoms with Crippen LogP contribution in [0.2, 0.25) is 0 Å². The van der Waals surface area contributed by atoms with Gasteiger partial charge in [-0.15, -0.1) is 0 Å². The predicted molar refractivity (Wildman–Crippen MR) is 101 cm³/mol. The van der Waals surface area contributed by atoms with E-state index in [-0.39, 0.29) is 29.3 Å². The first-order chi connectivity index (χ1) is 12.4. The Bertz CT molecular complexity index is 903. The molecule has 3 rings (SSSR count). The Morgan fingerprint density at radius 1 is 1.23 bits per heavy atom. The van der Waals surface area contributed by atoms with Gasteiger partial charge in [0.05, 0.1) is 17.1 Å². The molecule has 138 valence electrons. The number of carbonyl (C=O) groups is 2. The first-order valence-corrected chi connectivity index (χ1v) is 9.07. The summed E-state index contributed by atoms with van der Waals surface area (Å²) in [6.45, 7) is 4.68. The summed E-state index contributed by atoms with van der Waals surface area (Å²) in [4.78, 5) is 38.7. The fraction of sp³-hybridized carbons (Fsp3) is 0.450. The van der Waals surface area contributed by atoms with Crippen LogP contribution in [0.4, 0.5) is 0 Å². The number of aromatic nitrogens is 1. The third-order valence-corrected chi connectivity index (χ3v) is 5.16. The van der Waals surface area contributed by atoms with Crippen LogP contribution in [0.3, 0.4) is 0 Å². The van der Waals surface area contributed by atoms with Crippen molar-refractivity contribution in [3.63, 3.8) is 0 Å². The fourth-order valence-electron chi connectivity index (χ4n) is 3.88. The largest absolute Gasteiger partial charge is 0.351 e. The van der Waals surface area contributed by atoms with Crippen LogP contribution in [0.25, 0.3) is 10.9 Å². The predicted octanol–water partition coefficient (Wildman–Crippen LogP) is 1.92. The molecule has 1 aromatic heterocycles. The summed E-state index contributed by atoms with van der Waals surface area (Å²) in [6, 6.07) is 8.83. The van der Waals surface area contributed by atoms with E-state index in [1.54, 1.807) is 16.5 Å². The molecule has 26 heavy (non-hydrogen) atoms. The number of hydrogen-bond acceptors (Lipinski definition) is 3. The van der Waals surface area contributed by atoms with Gasteiger partial charge in [0.25, 0.3) is 11.5 Å². The van der Waals surface area contributed by atoms with Gasteiger partial charge in [0.2, 0.25) is 5.91 Å². The van der Waals surface area contributed by atoms with E-state index < -0.39 is 0 Å². The second-order valence-corrected chi connectivity index (χ2v) is 7.04. The van der Waals surface area contributed by atoms with Gasteiger partial charge >= 0.3 is 0 Å². The molecule has 1 aliphatic rings. The number of carbonyl (C=O) groups excluding carboxylic acids is 2. The number of pyridine rings is 1. The molecular weight excluding hydrogens is 330 g/mol. The molecule has 1 fully saturated rings. The molecule has 1 aromatic carbocycles. The Hall–Kier alpha value is -2.63. The first-order valence-electron chi connectivity index (χ1n) is 9.07. The third-order valence-electron chi connectivity index (χ3n) is 5.16. The highest BCUT2D eigenvalue weighted by atomic mass is 16.2. The summed E-state index contributed by atoms with van der Waals surface area (Å²) in [5.41, 5.74) is 0.975. The summed E-state index contributed by atoms with van der Waals surface area (Å²) < 4.78 is 1.55. The highest BCUT2D eigenvalue weighted by Gasteiger charge is 2.36. The zero-order chi connectivity index (χ0) is 18.8. The molecular formula is C20H25N3O3. The van der Waals surface area contributed by atoms with Crippen LogP contribution in [-0.4, -0.2) is 40.4 Å². The maximum Gasteiger partial charge on any atom is 0.254 e. The Morgan fingerprint density at radius 3 is 2.65 bits per heavy atom. The average molecular weight is 355 g/mol. The van der Waals surface area contributed by atoms with Crippen molar-refractivity contribution in [2.75, 3.05) is 13.1 Å². The van der Waals surface area contributed by atoms with Crippen molar-refractivity contribution in [1.82, 2.24) is 14.8 Å². The Kier molecular flexibility index (Phi) is 5.11. The van der Waals surface area contributed by atoms with E-state index in [9.17, 15) is 14.4 Å². The number of aryl methyl sites for hydroxylation is 1. The summed E-state index contributed by atoms with van der Waals surface area (Å²) in [7, 11) is 1.71. The number of para-hydroxylation sites is 1. The number of benzene rings is 1. The zero-order valence-electron chi connectivity index (χ0n) is 15.5. The molecule has 1 N–H and O–H groups in total. The normalized spacial score (nSPS) is 19.7. The van der Waals surface area contributed by atoms with Gasteiger partial charge in [-0.05, 0) is 18.4 Å². The quantitative estimate of drug-likeness (QED) is 0.911. The number of fused-ring (bicyclic) bond motifs is 1. The number of rotatable bonds is 4. The monoisotopic (exact) mass is 355 g/mol. The van der Waals surface area contributed by atoms with E-state index in [0.717, 1.165) is 23.7 Å². The van der Waals surface area contributed by atoms with Crippen molar-refractivity contribution in [2.24, 2.45) is 13.0 Å². The molecule has 2 heterocycles. The maximum atomic E-state index is 13.2. The Morgan fingerprint density at radius 2 is 1.96 bits per heavy atom. The maximum absolute atomic E-state index is 13.2. The van der Waals surface area contributed by atoms with Crippen molar-refractivity contribution in [3.8, 4) is 0 Å². The molecule has 6 heteroatoms. The minimum absolute atomic E-state index is 0.0331. The first kappa shape index (κ1) is 18.2. The highest BCUT2D eigenvalue weighted by molar-refractivity contribution is 6.06. The van der Waals surface area contributed by atoms with Crippen molar-refractivity contribution in [2.45, 2.75) is 32.7 Å². The van der Waals surface area contributed by atoms with Crippen LogP contribution in [0, 0.1) is 5.92 Å². The number of likely N-dealkylation sites (tertiary alicyclic amines) is 1. The molecule has 1 saturated heterocycles. The lowest BCUT2D eigenvalue weighted by Gasteiger charge is -2.18. The second-order valence-electron chi connectivity index (χ2n) is 7.04. The van der Waals surface area contributed by atoms with Crippen molar-refractivity contribution >= 4 is 22.7 Å². The smallest absolute Gasteiger partial charge is 0.254 e. The van der Waals surface area contributed by atoms with E-state index >= 15 is 0 Å². The van der Waals surface area contributed by atoms with E-state index in [4.69, 9.17) is 0 Å². The third kappa shape index (κ3) is 3.36. The lowest BCUT2D eigenvalue weighted by molar-refractivity contribution is -0.119. The van der Waals surface area contributed by atoms with Crippen molar-refractivity contribution in [3.05, 3.63) is 46.2 Å². The molecule has 2 atom stereocenters. The Labute approximate surface area is 152 Å². The number of hydrogen-bond donors (Lipinski definition) is 1. The van der Waals surface area contributed by atoms with Crippen LogP contribution in [0.5, 0.6) is 0 Å². The summed E-state index contributed by atoms with van der Waals surface area (Å²) in [5.74, 6) is 0.0166. The topological polar surface area (TPSA) is 71.4 Å². The molecule has 2 amide bonds. The Balaban J connectivity index is 1.95. The molecule has 0 radical (unpaired) electrons. The molecule has 0 bridgehead atoms.